The summed E-state index contributed by atoms with van der Waals surface area (Å²) in [7, 11) is 0. The summed E-state index contributed by atoms with van der Waals surface area (Å²) in [6.45, 7) is 2.13. The van der Waals surface area contributed by atoms with Gasteiger partial charge in [-0.3, -0.25) is 0 Å². The highest BCUT2D eigenvalue weighted by Gasteiger charge is 2.30. The van der Waals surface area contributed by atoms with Gasteiger partial charge in [-0.15, -0.1) is 0 Å². The number of anilines is 1. The molecule has 21 heavy (non-hydrogen) atoms. The summed E-state index contributed by atoms with van der Waals surface area (Å²) in [6.07, 6.45) is 6.35. The summed E-state index contributed by atoms with van der Waals surface area (Å²) >= 11 is 3.13. The number of hydrogen-bond acceptors (Lipinski definition) is 2. The van der Waals surface area contributed by atoms with Crippen LogP contribution in [0.4, 0.5) is 14.5 Å². The fraction of sp³-hybridized carbons (Fsp3) is 0.625. The fourth-order valence-corrected chi connectivity index (χ4v) is 4.07. The van der Waals surface area contributed by atoms with Crippen LogP contribution in [-0.4, -0.2) is 25.7 Å². The van der Waals surface area contributed by atoms with Gasteiger partial charge in [0.25, 0.3) is 0 Å². The van der Waals surface area contributed by atoms with E-state index in [0.29, 0.717) is 29.5 Å². The molecule has 2 fully saturated rings. The second kappa shape index (κ2) is 6.61. The van der Waals surface area contributed by atoms with E-state index >= 15 is 0 Å². The lowest BCUT2D eigenvalue weighted by Gasteiger charge is -2.40. The Balaban J connectivity index is 1.76. The van der Waals surface area contributed by atoms with Crippen LogP contribution in [0.1, 0.15) is 32.1 Å². The van der Waals surface area contributed by atoms with Gasteiger partial charge in [0.05, 0.1) is 0 Å². The van der Waals surface area contributed by atoms with Crippen molar-refractivity contribution in [2.45, 2.75) is 38.1 Å². The van der Waals surface area contributed by atoms with Crippen molar-refractivity contribution in [3.8, 4) is 0 Å². The zero-order chi connectivity index (χ0) is 14.8. The summed E-state index contributed by atoms with van der Waals surface area (Å²) < 4.78 is 28.7. The zero-order valence-electron chi connectivity index (χ0n) is 12.0. The molecule has 5 heteroatoms. The molecule has 1 aromatic carbocycles. The van der Waals surface area contributed by atoms with E-state index in [1.165, 1.54) is 44.2 Å². The number of rotatable bonds is 2. The van der Waals surface area contributed by atoms with E-state index in [2.05, 4.69) is 21.2 Å². The number of nitrogens with zero attached hydrogens (tertiary/aromatic N) is 1. The van der Waals surface area contributed by atoms with Gasteiger partial charge < -0.3 is 10.2 Å². The molecule has 1 saturated heterocycles. The first kappa shape index (κ1) is 15.2. The minimum Gasteiger partial charge on any atom is -0.364 e. The van der Waals surface area contributed by atoms with Crippen LogP contribution in [0.3, 0.4) is 0 Å². The Kier molecular flexibility index (Phi) is 4.79. The number of hydrogen-bond donors (Lipinski definition) is 1. The molecule has 3 rings (SSSR count). The van der Waals surface area contributed by atoms with Crippen molar-refractivity contribution in [3.63, 3.8) is 0 Å². The molecule has 1 N–H and O–H groups in total. The van der Waals surface area contributed by atoms with Gasteiger partial charge in [-0.25, -0.2) is 8.78 Å². The largest absolute Gasteiger partial charge is 0.364 e. The highest BCUT2D eigenvalue weighted by Crippen LogP contribution is 2.31. The third-order valence-electron chi connectivity index (χ3n) is 4.72. The SMILES string of the molecule is Fc1cc(Br)cc(F)c1N1CCNC(C2CCCCC2)C1. The Morgan fingerprint density at radius 1 is 1.10 bits per heavy atom. The maximum atomic E-state index is 14.1. The van der Waals surface area contributed by atoms with Gasteiger partial charge in [-0.05, 0) is 30.9 Å². The topological polar surface area (TPSA) is 15.3 Å². The minimum absolute atomic E-state index is 0.125. The quantitative estimate of drug-likeness (QED) is 0.856. The molecule has 0 amide bonds. The third kappa shape index (κ3) is 3.39. The molecule has 1 aromatic rings. The lowest BCUT2D eigenvalue weighted by Crippen LogP contribution is -2.54. The number of benzene rings is 1. The summed E-state index contributed by atoms with van der Waals surface area (Å²) in [5.74, 6) is -0.319. The molecule has 1 aliphatic heterocycles. The van der Waals surface area contributed by atoms with Crippen molar-refractivity contribution in [3.05, 3.63) is 28.2 Å². The minimum atomic E-state index is -0.480. The maximum absolute atomic E-state index is 14.1. The van der Waals surface area contributed by atoms with Crippen LogP contribution in [0.15, 0.2) is 16.6 Å². The van der Waals surface area contributed by atoms with E-state index in [-0.39, 0.29) is 5.69 Å². The predicted octanol–water partition coefficient (Wildman–Crippen LogP) is 4.09. The smallest absolute Gasteiger partial charge is 0.150 e. The molecule has 1 saturated carbocycles. The Bertz CT molecular complexity index is 480. The van der Waals surface area contributed by atoms with E-state index in [4.69, 9.17) is 0 Å². The van der Waals surface area contributed by atoms with E-state index < -0.39 is 11.6 Å². The molecule has 0 spiro atoms. The molecule has 1 unspecified atom stereocenters. The first-order valence-electron chi connectivity index (χ1n) is 7.78. The van der Waals surface area contributed by atoms with Crippen LogP contribution in [0.5, 0.6) is 0 Å². The van der Waals surface area contributed by atoms with Gasteiger partial charge >= 0.3 is 0 Å². The van der Waals surface area contributed by atoms with Crippen LogP contribution in [0, 0.1) is 17.6 Å². The van der Waals surface area contributed by atoms with Gasteiger partial charge in [-0.2, -0.15) is 0 Å². The molecular formula is C16H21BrF2N2. The van der Waals surface area contributed by atoms with Gasteiger partial charge in [-0.1, -0.05) is 35.2 Å². The fourth-order valence-electron chi connectivity index (χ4n) is 3.67. The Morgan fingerprint density at radius 2 is 1.76 bits per heavy atom. The van der Waals surface area contributed by atoms with Crippen molar-refractivity contribution in [2.24, 2.45) is 5.92 Å². The lowest BCUT2D eigenvalue weighted by atomic mass is 9.83. The average molecular weight is 359 g/mol. The lowest BCUT2D eigenvalue weighted by molar-refractivity contribution is 0.256. The molecule has 1 heterocycles. The van der Waals surface area contributed by atoms with E-state index in [0.717, 1.165) is 6.54 Å². The molecule has 116 valence electrons. The monoisotopic (exact) mass is 358 g/mol. The number of piperazine rings is 1. The van der Waals surface area contributed by atoms with Crippen molar-refractivity contribution in [1.82, 2.24) is 5.32 Å². The van der Waals surface area contributed by atoms with E-state index in [9.17, 15) is 8.78 Å². The molecule has 0 bridgehead atoms. The van der Waals surface area contributed by atoms with Crippen LogP contribution in [0.25, 0.3) is 0 Å². The van der Waals surface area contributed by atoms with Crippen LogP contribution in [0.2, 0.25) is 0 Å². The van der Waals surface area contributed by atoms with Crippen molar-refractivity contribution < 1.29 is 8.78 Å². The average Bonchev–Trinajstić information content (AvgIpc) is 2.47. The third-order valence-corrected chi connectivity index (χ3v) is 5.18. The first-order chi connectivity index (χ1) is 10.1. The summed E-state index contributed by atoms with van der Waals surface area (Å²) in [6, 6.07) is 3.04. The molecule has 2 nitrogen and oxygen atoms in total. The molecule has 2 aliphatic rings. The maximum Gasteiger partial charge on any atom is 0.150 e. The Hall–Kier alpha value is -0.680. The molecule has 1 aliphatic carbocycles. The van der Waals surface area contributed by atoms with Crippen LogP contribution >= 0.6 is 15.9 Å². The van der Waals surface area contributed by atoms with Gasteiger partial charge in [0.2, 0.25) is 0 Å². The highest BCUT2D eigenvalue weighted by atomic mass is 79.9. The van der Waals surface area contributed by atoms with Gasteiger partial charge in [0, 0.05) is 30.1 Å². The van der Waals surface area contributed by atoms with Crippen LogP contribution in [-0.2, 0) is 0 Å². The van der Waals surface area contributed by atoms with E-state index in [1.807, 2.05) is 4.90 Å². The Labute approximate surface area is 133 Å². The van der Waals surface area contributed by atoms with Gasteiger partial charge in [0.15, 0.2) is 11.6 Å². The molecule has 0 radical (unpaired) electrons. The van der Waals surface area contributed by atoms with Crippen molar-refractivity contribution >= 4 is 21.6 Å². The second-order valence-electron chi connectivity index (χ2n) is 6.12. The molecule has 0 aromatic heterocycles. The Morgan fingerprint density at radius 3 is 2.43 bits per heavy atom. The van der Waals surface area contributed by atoms with E-state index in [1.54, 1.807) is 0 Å². The highest BCUT2D eigenvalue weighted by molar-refractivity contribution is 9.10. The summed E-state index contributed by atoms with van der Waals surface area (Å²) in [4.78, 5) is 1.87. The molecule has 1 atom stereocenters. The standard InChI is InChI=1S/C16H21BrF2N2/c17-12-8-13(18)16(14(19)9-12)21-7-6-20-15(10-21)11-4-2-1-3-5-11/h8-9,11,15,20H,1-7,10H2. The zero-order valence-corrected chi connectivity index (χ0v) is 13.6. The number of halogens is 3. The van der Waals surface area contributed by atoms with Crippen LogP contribution < -0.4 is 10.2 Å². The van der Waals surface area contributed by atoms with Crippen molar-refractivity contribution in [2.75, 3.05) is 24.5 Å². The van der Waals surface area contributed by atoms with Gasteiger partial charge in [0.1, 0.15) is 5.69 Å². The normalized spacial score (nSPS) is 24.3. The summed E-state index contributed by atoms with van der Waals surface area (Å²) in [5, 5.41) is 3.54. The predicted molar refractivity (Wildman–Crippen MR) is 84.6 cm³/mol. The molecular weight excluding hydrogens is 338 g/mol. The second-order valence-corrected chi connectivity index (χ2v) is 7.04. The number of nitrogens with one attached hydrogen (secondary N) is 1. The van der Waals surface area contributed by atoms with Crippen molar-refractivity contribution in [1.29, 1.82) is 0 Å². The first-order valence-corrected chi connectivity index (χ1v) is 8.57. The summed E-state index contributed by atoms with van der Waals surface area (Å²) in [5.41, 5.74) is 0.125.